The van der Waals surface area contributed by atoms with Gasteiger partial charge in [-0.3, -0.25) is 4.79 Å². The number of hydrogen-bond donors (Lipinski definition) is 2. The van der Waals surface area contributed by atoms with Crippen LogP contribution >= 0.6 is 0 Å². The van der Waals surface area contributed by atoms with Gasteiger partial charge in [0.2, 0.25) is 0 Å². The van der Waals surface area contributed by atoms with E-state index in [-0.39, 0.29) is 5.91 Å². The van der Waals surface area contributed by atoms with Crippen molar-refractivity contribution in [1.82, 2.24) is 5.32 Å². The number of anilines is 1. The molecule has 1 unspecified atom stereocenters. The Hall–Kier alpha value is -1.51. The van der Waals surface area contributed by atoms with Gasteiger partial charge in [-0.2, -0.15) is 0 Å². The van der Waals surface area contributed by atoms with Crippen LogP contribution in [0.4, 0.5) is 5.69 Å². The van der Waals surface area contributed by atoms with Gasteiger partial charge >= 0.3 is 0 Å². The van der Waals surface area contributed by atoms with Crippen LogP contribution in [-0.4, -0.2) is 18.5 Å². The molecule has 1 atom stereocenters. The molecule has 0 aliphatic heterocycles. The highest BCUT2D eigenvalue weighted by Crippen LogP contribution is 2.34. The summed E-state index contributed by atoms with van der Waals surface area (Å²) >= 11 is 0. The summed E-state index contributed by atoms with van der Waals surface area (Å²) in [6.07, 6.45) is 4.82. The van der Waals surface area contributed by atoms with E-state index in [2.05, 4.69) is 24.5 Å². The van der Waals surface area contributed by atoms with Crippen molar-refractivity contribution in [3.8, 4) is 0 Å². The first-order valence-corrected chi connectivity index (χ1v) is 7.79. The van der Waals surface area contributed by atoms with Gasteiger partial charge in [0.25, 0.3) is 5.91 Å². The van der Waals surface area contributed by atoms with Crippen molar-refractivity contribution in [2.45, 2.75) is 52.5 Å². The average molecular weight is 274 g/mol. The molecule has 0 saturated heterocycles. The molecular weight excluding hydrogens is 248 g/mol. The van der Waals surface area contributed by atoms with E-state index >= 15 is 0 Å². The van der Waals surface area contributed by atoms with Crippen LogP contribution in [0.25, 0.3) is 0 Å². The molecular formula is C17H26N2O. The van der Waals surface area contributed by atoms with Crippen LogP contribution in [0.5, 0.6) is 0 Å². The molecule has 3 nitrogen and oxygen atoms in total. The number of benzene rings is 1. The van der Waals surface area contributed by atoms with Crippen LogP contribution in [0.3, 0.4) is 0 Å². The summed E-state index contributed by atoms with van der Waals surface area (Å²) < 4.78 is 0. The van der Waals surface area contributed by atoms with E-state index in [0.29, 0.717) is 6.04 Å². The highest BCUT2D eigenvalue weighted by atomic mass is 16.1. The third kappa shape index (κ3) is 3.99. The maximum atomic E-state index is 12.4. The molecule has 1 aliphatic carbocycles. The Kier molecular flexibility index (Phi) is 5.05. The first kappa shape index (κ1) is 14.9. The van der Waals surface area contributed by atoms with Crippen molar-refractivity contribution in [1.29, 1.82) is 0 Å². The zero-order valence-corrected chi connectivity index (χ0v) is 12.8. The van der Waals surface area contributed by atoms with Crippen molar-refractivity contribution in [2.24, 2.45) is 5.92 Å². The second kappa shape index (κ2) is 6.78. The normalized spacial score (nSPS) is 15.8. The lowest BCUT2D eigenvalue weighted by molar-refractivity contribution is 0.0932. The Morgan fingerprint density at radius 3 is 2.65 bits per heavy atom. The van der Waals surface area contributed by atoms with E-state index in [0.717, 1.165) is 42.1 Å². The SMILES string of the molecule is CCNc1ccc(C(=O)NC(CC)CC2CC2)c(C)c1. The third-order valence-corrected chi connectivity index (χ3v) is 3.99. The standard InChI is InChI=1S/C17H26N2O/c1-4-14(11-13-6-7-13)19-17(20)16-9-8-15(18-5-2)10-12(16)3/h8-10,13-14,18H,4-7,11H2,1-3H3,(H,19,20). The summed E-state index contributed by atoms with van der Waals surface area (Å²) in [5.74, 6) is 0.913. The molecule has 0 spiro atoms. The summed E-state index contributed by atoms with van der Waals surface area (Å²) in [5.41, 5.74) is 2.90. The zero-order chi connectivity index (χ0) is 14.5. The Morgan fingerprint density at radius 1 is 1.35 bits per heavy atom. The van der Waals surface area contributed by atoms with E-state index in [1.807, 2.05) is 25.1 Å². The molecule has 0 heterocycles. The largest absolute Gasteiger partial charge is 0.385 e. The second-order valence-electron chi connectivity index (χ2n) is 5.82. The maximum absolute atomic E-state index is 12.4. The maximum Gasteiger partial charge on any atom is 0.251 e. The Morgan fingerprint density at radius 2 is 2.10 bits per heavy atom. The summed E-state index contributed by atoms with van der Waals surface area (Å²) in [6.45, 7) is 7.11. The smallest absolute Gasteiger partial charge is 0.251 e. The fourth-order valence-electron chi connectivity index (χ4n) is 2.58. The summed E-state index contributed by atoms with van der Waals surface area (Å²) in [4.78, 5) is 12.4. The number of nitrogens with one attached hydrogen (secondary N) is 2. The molecule has 2 rings (SSSR count). The van der Waals surface area contributed by atoms with Gasteiger partial charge in [0, 0.05) is 23.8 Å². The number of amides is 1. The Bertz CT molecular complexity index is 466. The molecule has 110 valence electrons. The molecule has 1 aliphatic rings. The predicted octanol–water partition coefficient (Wildman–Crippen LogP) is 3.74. The van der Waals surface area contributed by atoms with Crippen molar-refractivity contribution in [2.75, 3.05) is 11.9 Å². The van der Waals surface area contributed by atoms with Crippen LogP contribution in [-0.2, 0) is 0 Å². The number of carbonyl (C=O) groups is 1. The third-order valence-electron chi connectivity index (χ3n) is 3.99. The van der Waals surface area contributed by atoms with E-state index in [1.165, 1.54) is 12.8 Å². The molecule has 0 bridgehead atoms. The molecule has 3 heteroatoms. The van der Waals surface area contributed by atoms with Crippen molar-refractivity contribution in [3.05, 3.63) is 29.3 Å². The lowest BCUT2D eigenvalue weighted by atomic mass is 10.0. The van der Waals surface area contributed by atoms with Crippen LogP contribution in [0, 0.1) is 12.8 Å². The summed E-state index contributed by atoms with van der Waals surface area (Å²) in [7, 11) is 0. The van der Waals surface area contributed by atoms with Gasteiger partial charge < -0.3 is 10.6 Å². The van der Waals surface area contributed by atoms with Gasteiger partial charge in [0.1, 0.15) is 0 Å². The quantitative estimate of drug-likeness (QED) is 0.795. The summed E-state index contributed by atoms with van der Waals surface area (Å²) in [5, 5.41) is 6.46. The van der Waals surface area contributed by atoms with Gasteiger partial charge in [-0.05, 0) is 56.4 Å². The monoisotopic (exact) mass is 274 g/mol. The van der Waals surface area contributed by atoms with Crippen LogP contribution < -0.4 is 10.6 Å². The lowest BCUT2D eigenvalue weighted by Gasteiger charge is -2.18. The fourth-order valence-corrected chi connectivity index (χ4v) is 2.58. The second-order valence-corrected chi connectivity index (χ2v) is 5.82. The topological polar surface area (TPSA) is 41.1 Å². The minimum atomic E-state index is 0.0676. The highest BCUT2D eigenvalue weighted by Gasteiger charge is 2.25. The van der Waals surface area contributed by atoms with E-state index in [1.54, 1.807) is 0 Å². The first-order valence-electron chi connectivity index (χ1n) is 7.79. The first-order chi connectivity index (χ1) is 9.63. The van der Waals surface area contributed by atoms with Crippen molar-refractivity contribution in [3.63, 3.8) is 0 Å². The molecule has 1 aromatic carbocycles. The average Bonchev–Trinajstić information content (AvgIpc) is 3.22. The highest BCUT2D eigenvalue weighted by molar-refractivity contribution is 5.96. The Labute approximate surface area is 122 Å². The minimum absolute atomic E-state index is 0.0676. The summed E-state index contributed by atoms with van der Waals surface area (Å²) in [6, 6.07) is 6.27. The van der Waals surface area contributed by atoms with Crippen molar-refractivity contribution < 1.29 is 4.79 Å². The van der Waals surface area contributed by atoms with E-state index < -0.39 is 0 Å². The number of rotatable bonds is 7. The number of carbonyl (C=O) groups excluding carboxylic acids is 1. The fraction of sp³-hybridized carbons (Fsp3) is 0.588. The van der Waals surface area contributed by atoms with Crippen LogP contribution in [0.15, 0.2) is 18.2 Å². The molecule has 0 radical (unpaired) electrons. The molecule has 1 fully saturated rings. The molecule has 2 N–H and O–H groups in total. The predicted molar refractivity (Wildman–Crippen MR) is 84.2 cm³/mol. The molecule has 0 aromatic heterocycles. The van der Waals surface area contributed by atoms with Crippen molar-refractivity contribution >= 4 is 11.6 Å². The van der Waals surface area contributed by atoms with Gasteiger partial charge in [-0.15, -0.1) is 0 Å². The molecule has 1 saturated carbocycles. The minimum Gasteiger partial charge on any atom is -0.385 e. The van der Waals surface area contributed by atoms with Gasteiger partial charge in [0.15, 0.2) is 0 Å². The van der Waals surface area contributed by atoms with Crippen LogP contribution in [0.1, 0.15) is 55.5 Å². The number of aryl methyl sites for hydroxylation is 1. The molecule has 1 aromatic rings. The molecule has 1 amide bonds. The van der Waals surface area contributed by atoms with Crippen LogP contribution in [0.2, 0.25) is 0 Å². The molecule has 20 heavy (non-hydrogen) atoms. The Balaban J connectivity index is 2.00. The number of hydrogen-bond acceptors (Lipinski definition) is 2. The lowest BCUT2D eigenvalue weighted by Crippen LogP contribution is -2.35. The van der Waals surface area contributed by atoms with Gasteiger partial charge in [-0.1, -0.05) is 19.8 Å². The van der Waals surface area contributed by atoms with E-state index in [9.17, 15) is 4.79 Å². The zero-order valence-electron chi connectivity index (χ0n) is 12.8. The van der Waals surface area contributed by atoms with Gasteiger partial charge in [0.05, 0.1) is 0 Å². The van der Waals surface area contributed by atoms with E-state index in [4.69, 9.17) is 0 Å². The van der Waals surface area contributed by atoms with Gasteiger partial charge in [-0.25, -0.2) is 0 Å².